The molecule has 1 aliphatic carbocycles. The fraction of sp³-hybridized carbons (Fsp3) is 0.444. The molecule has 0 radical (unpaired) electrons. The second kappa shape index (κ2) is 12.7. The Hall–Kier alpha value is -3.36. The third-order valence-electron chi connectivity index (χ3n) is 6.48. The molecule has 220 valence electrons. The van der Waals surface area contributed by atoms with Gasteiger partial charge in [0.25, 0.3) is 5.91 Å². The lowest BCUT2D eigenvalue weighted by Crippen LogP contribution is -2.28. The molecule has 41 heavy (non-hydrogen) atoms. The van der Waals surface area contributed by atoms with Crippen LogP contribution in [0, 0.1) is 5.92 Å². The lowest BCUT2D eigenvalue weighted by Gasteiger charge is -2.18. The van der Waals surface area contributed by atoms with Crippen LogP contribution in [0.3, 0.4) is 0 Å². The van der Waals surface area contributed by atoms with E-state index in [1.54, 1.807) is 43.7 Å². The minimum Gasteiger partial charge on any atom is -0.462 e. The van der Waals surface area contributed by atoms with Crippen LogP contribution in [-0.2, 0) is 48.8 Å². The Morgan fingerprint density at radius 3 is 2.49 bits per heavy atom. The molecular formula is C27H31N3O8S3. The summed E-state index contributed by atoms with van der Waals surface area (Å²) < 4.78 is 38.0. The van der Waals surface area contributed by atoms with Gasteiger partial charge in [0.1, 0.15) is 16.5 Å². The molecule has 11 nitrogen and oxygen atoms in total. The maximum Gasteiger partial charge on any atom is 0.341 e. The molecule has 0 fully saturated rings. The summed E-state index contributed by atoms with van der Waals surface area (Å²) in [4.78, 5) is 55.3. The van der Waals surface area contributed by atoms with Crippen LogP contribution >= 0.6 is 22.7 Å². The van der Waals surface area contributed by atoms with Crippen LogP contribution in [0.15, 0.2) is 23.2 Å². The van der Waals surface area contributed by atoms with E-state index in [2.05, 4.69) is 17.2 Å². The van der Waals surface area contributed by atoms with Crippen LogP contribution in [0.2, 0.25) is 0 Å². The van der Waals surface area contributed by atoms with Crippen molar-refractivity contribution < 1.29 is 37.1 Å². The van der Waals surface area contributed by atoms with E-state index in [1.807, 2.05) is 0 Å². The van der Waals surface area contributed by atoms with Gasteiger partial charge in [-0.2, -0.15) is 4.99 Å². The standard InChI is InChI=1S/C27H31N3O8S3/c1-5-37-25(33)16-8-10-18-20(12-16)40-27(30(18)4)29-22(32)14-41(35,36)13-21(31)28-24-23(26(34)38-6-2)17-9-7-15(3)11-19(17)39-24/h8,10,12,15H,5-7,9,11,13-14H2,1-4H3,(H,28,31). The Bertz CT molecular complexity index is 1700. The molecule has 2 heterocycles. The van der Waals surface area contributed by atoms with Crippen LogP contribution in [0.5, 0.6) is 0 Å². The number of thiazole rings is 1. The molecule has 1 atom stereocenters. The summed E-state index contributed by atoms with van der Waals surface area (Å²) in [6, 6.07) is 4.91. The van der Waals surface area contributed by atoms with E-state index in [4.69, 9.17) is 9.47 Å². The molecule has 1 N–H and O–H groups in total. The van der Waals surface area contributed by atoms with Crippen molar-refractivity contribution in [2.75, 3.05) is 30.0 Å². The molecular weight excluding hydrogens is 591 g/mol. The number of sulfone groups is 1. The molecule has 1 aliphatic rings. The molecule has 2 aromatic heterocycles. The summed E-state index contributed by atoms with van der Waals surface area (Å²) in [5.41, 5.74) is 2.16. The highest BCUT2D eigenvalue weighted by atomic mass is 32.2. The molecule has 14 heteroatoms. The molecule has 1 aromatic carbocycles. The van der Waals surface area contributed by atoms with Crippen molar-refractivity contribution in [3.05, 3.63) is 44.6 Å². The summed E-state index contributed by atoms with van der Waals surface area (Å²) in [5, 5.41) is 2.83. The van der Waals surface area contributed by atoms with Crippen LogP contribution in [0.4, 0.5) is 5.00 Å². The number of benzene rings is 1. The smallest absolute Gasteiger partial charge is 0.341 e. The summed E-state index contributed by atoms with van der Waals surface area (Å²) in [5.74, 6) is -4.30. The van der Waals surface area contributed by atoms with E-state index in [0.29, 0.717) is 28.1 Å². The third-order valence-corrected chi connectivity index (χ3v) is 10.1. The zero-order chi connectivity index (χ0) is 29.9. The minimum absolute atomic E-state index is 0.164. The van der Waals surface area contributed by atoms with E-state index in [0.717, 1.165) is 34.6 Å². The van der Waals surface area contributed by atoms with Gasteiger partial charge in [0.05, 0.1) is 34.6 Å². The van der Waals surface area contributed by atoms with Crippen molar-refractivity contribution in [2.24, 2.45) is 18.0 Å². The SMILES string of the molecule is CCOC(=O)c1ccc2c(c1)sc(=NC(=O)CS(=O)(=O)CC(=O)Nc1sc3c(c1C(=O)OCC)CCC(C)C3)n2C. The van der Waals surface area contributed by atoms with Gasteiger partial charge in [-0.15, -0.1) is 11.3 Å². The number of carbonyl (C=O) groups excluding carboxylic acids is 4. The van der Waals surface area contributed by atoms with Gasteiger partial charge in [0, 0.05) is 11.9 Å². The Balaban J connectivity index is 1.48. The first-order valence-corrected chi connectivity index (χ1v) is 16.5. The first-order chi connectivity index (χ1) is 19.4. The van der Waals surface area contributed by atoms with Crippen molar-refractivity contribution in [2.45, 2.75) is 40.0 Å². The summed E-state index contributed by atoms with van der Waals surface area (Å²) in [7, 11) is -2.51. The topological polar surface area (TPSA) is 150 Å². The van der Waals surface area contributed by atoms with Crippen LogP contribution in [0.25, 0.3) is 10.2 Å². The Kier molecular flexibility index (Phi) is 9.44. The van der Waals surface area contributed by atoms with Crippen molar-refractivity contribution in [1.29, 1.82) is 0 Å². The molecule has 0 saturated carbocycles. The number of ether oxygens (including phenoxy) is 2. The molecule has 0 spiro atoms. The number of aromatic nitrogens is 1. The van der Waals surface area contributed by atoms with Crippen molar-refractivity contribution in [1.82, 2.24) is 4.57 Å². The number of esters is 2. The van der Waals surface area contributed by atoms with Gasteiger partial charge < -0.3 is 19.4 Å². The normalized spacial score (nSPS) is 15.4. The van der Waals surface area contributed by atoms with Crippen molar-refractivity contribution in [3.8, 4) is 0 Å². The zero-order valence-electron chi connectivity index (χ0n) is 23.1. The second-order valence-corrected chi connectivity index (χ2v) is 13.9. The second-order valence-electron chi connectivity index (χ2n) is 9.71. The number of amides is 2. The van der Waals surface area contributed by atoms with Gasteiger partial charge in [0.2, 0.25) is 5.91 Å². The van der Waals surface area contributed by atoms with E-state index in [1.165, 1.54) is 11.3 Å². The number of rotatable bonds is 9. The number of hydrogen-bond donors (Lipinski definition) is 1. The molecule has 2 amide bonds. The molecule has 0 bridgehead atoms. The summed E-state index contributed by atoms with van der Waals surface area (Å²) >= 11 is 2.37. The third kappa shape index (κ3) is 7.11. The number of aryl methyl sites for hydroxylation is 1. The number of thiophene rings is 1. The maximum atomic E-state index is 12.8. The van der Waals surface area contributed by atoms with E-state index in [9.17, 15) is 27.6 Å². The maximum absolute atomic E-state index is 12.8. The monoisotopic (exact) mass is 621 g/mol. The van der Waals surface area contributed by atoms with Gasteiger partial charge >= 0.3 is 11.9 Å². The molecule has 0 aliphatic heterocycles. The van der Waals surface area contributed by atoms with Gasteiger partial charge in [-0.25, -0.2) is 18.0 Å². The first-order valence-electron chi connectivity index (χ1n) is 13.1. The average molecular weight is 622 g/mol. The van der Waals surface area contributed by atoms with Gasteiger partial charge in [-0.3, -0.25) is 9.59 Å². The predicted octanol–water partition coefficient (Wildman–Crippen LogP) is 3.26. The minimum atomic E-state index is -4.17. The quantitative estimate of drug-likeness (QED) is 0.358. The van der Waals surface area contributed by atoms with Crippen LogP contribution in [-0.4, -0.2) is 61.5 Å². The number of nitrogens with one attached hydrogen (secondary N) is 1. The number of nitrogens with zero attached hydrogens (tertiary/aromatic N) is 2. The molecule has 0 saturated heterocycles. The number of fused-ring (bicyclic) bond motifs is 2. The van der Waals surface area contributed by atoms with Crippen molar-refractivity contribution >= 4 is 71.5 Å². The fourth-order valence-electron chi connectivity index (χ4n) is 4.58. The highest BCUT2D eigenvalue weighted by molar-refractivity contribution is 7.92. The lowest BCUT2D eigenvalue weighted by molar-refractivity contribution is -0.115. The van der Waals surface area contributed by atoms with E-state index < -0.39 is 45.1 Å². The van der Waals surface area contributed by atoms with Crippen LogP contribution < -0.4 is 10.1 Å². The van der Waals surface area contributed by atoms with Gasteiger partial charge in [0.15, 0.2) is 14.6 Å². The van der Waals surface area contributed by atoms with Crippen LogP contribution in [0.1, 0.15) is 58.3 Å². The Morgan fingerprint density at radius 1 is 1.07 bits per heavy atom. The summed E-state index contributed by atoms with van der Waals surface area (Å²) in [6.45, 7) is 5.90. The molecule has 1 unspecified atom stereocenters. The van der Waals surface area contributed by atoms with Crippen molar-refractivity contribution in [3.63, 3.8) is 0 Å². The lowest BCUT2D eigenvalue weighted by atomic mass is 9.88. The molecule has 4 rings (SSSR count). The largest absolute Gasteiger partial charge is 0.462 e. The van der Waals surface area contributed by atoms with E-state index in [-0.39, 0.29) is 28.6 Å². The Morgan fingerprint density at radius 2 is 1.78 bits per heavy atom. The predicted molar refractivity (Wildman–Crippen MR) is 156 cm³/mol. The Labute approximate surface area is 245 Å². The first kappa shape index (κ1) is 30.6. The zero-order valence-corrected chi connectivity index (χ0v) is 25.6. The number of anilines is 1. The van der Waals surface area contributed by atoms with E-state index >= 15 is 0 Å². The highest BCUT2D eigenvalue weighted by Gasteiger charge is 2.30. The molecule has 3 aromatic rings. The highest BCUT2D eigenvalue weighted by Crippen LogP contribution is 2.40. The fourth-order valence-corrected chi connectivity index (χ4v) is 8.09. The van der Waals surface area contributed by atoms with Gasteiger partial charge in [-0.1, -0.05) is 18.3 Å². The summed E-state index contributed by atoms with van der Waals surface area (Å²) in [6.07, 6.45) is 2.33. The number of hydrogen-bond acceptors (Lipinski definition) is 10. The van der Waals surface area contributed by atoms with Gasteiger partial charge in [-0.05, 0) is 62.8 Å². The average Bonchev–Trinajstić information content (AvgIpc) is 3.38. The number of carbonyl (C=O) groups is 4.